The zero-order chi connectivity index (χ0) is 28.0. The zero-order valence-corrected chi connectivity index (χ0v) is 20.0. The van der Waals surface area contributed by atoms with Crippen LogP contribution in [0.25, 0.3) is 21.8 Å². The van der Waals surface area contributed by atoms with E-state index in [4.69, 9.17) is 9.47 Å². The maximum Gasteiger partial charge on any atom is 0.534 e. The molecule has 0 N–H and O–H groups in total. The van der Waals surface area contributed by atoms with Gasteiger partial charge in [0.05, 0.1) is 41.4 Å². The summed E-state index contributed by atoms with van der Waals surface area (Å²) < 4.78 is 146. The van der Waals surface area contributed by atoms with Crippen LogP contribution >= 0.6 is 0 Å². The lowest BCUT2D eigenvalue weighted by atomic mass is 10.1. The van der Waals surface area contributed by atoms with Crippen molar-refractivity contribution in [3.05, 3.63) is 30.0 Å². The summed E-state index contributed by atoms with van der Waals surface area (Å²) in [6.07, 6.45) is -0.816. The Morgan fingerprint density at radius 2 is 1.65 bits per heavy atom. The van der Waals surface area contributed by atoms with Crippen molar-refractivity contribution in [3.63, 3.8) is 0 Å². The molecule has 0 fully saturated rings. The van der Waals surface area contributed by atoms with Crippen LogP contribution in [0.3, 0.4) is 0 Å². The van der Waals surface area contributed by atoms with Gasteiger partial charge in [-0.2, -0.15) is 43.2 Å². The summed E-state index contributed by atoms with van der Waals surface area (Å²) in [6, 6.07) is 2.18. The van der Waals surface area contributed by atoms with Crippen molar-refractivity contribution in [2.45, 2.75) is 24.5 Å². The summed E-state index contributed by atoms with van der Waals surface area (Å²) >= 11 is 0. The van der Waals surface area contributed by atoms with Crippen molar-refractivity contribution >= 4 is 48.1 Å². The number of nitrogens with zero attached hydrogens (tertiary/aromatic N) is 2. The third-order valence-corrected chi connectivity index (χ3v) is 6.98. The maximum absolute atomic E-state index is 13.5. The van der Waals surface area contributed by atoms with Crippen LogP contribution in [-0.2, 0) is 36.2 Å². The Balaban J connectivity index is 2.55. The fourth-order valence-electron chi connectivity index (χ4n) is 3.22. The van der Waals surface area contributed by atoms with E-state index in [-0.39, 0.29) is 10.6 Å². The van der Waals surface area contributed by atoms with Crippen LogP contribution < -0.4 is 8.92 Å². The second-order valence-corrected chi connectivity index (χ2v) is 10.2. The highest BCUT2D eigenvalue weighted by Gasteiger charge is 2.50. The molecule has 0 amide bonds. The Morgan fingerprint density at radius 1 is 1.00 bits per heavy atom. The average molecular weight is 580 g/mol. The molecule has 0 radical (unpaired) electrons. The number of hydrogen-bond donors (Lipinski definition) is 0. The zero-order valence-electron chi connectivity index (χ0n) is 18.4. The highest BCUT2D eigenvalue weighted by Crippen LogP contribution is 2.44. The smallest absolute Gasteiger partial charge is 0.434 e. The van der Waals surface area contributed by atoms with Crippen LogP contribution in [0.5, 0.6) is 11.6 Å². The summed E-state index contributed by atoms with van der Waals surface area (Å²) in [4.78, 5) is 15.5. The average Bonchev–Trinajstić information content (AvgIpc) is 3.10. The van der Waals surface area contributed by atoms with Crippen LogP contribution in [0.1, 0.15) is 12.5 Å². The molecule has 0 unspecified atom stereocenters. The lowest BCUT2D eigenvalue weighted by Gasteiger charge is -2.13. The maximum atomic E-state index is 13.5. The molecule has 204 valence electrons. The fourth-order valence-corrected chi connectivity index (χ4v) is 4.70. The molecule has 11 nitrogen and oxygen atoms in total. The van der Waals surface area contributed by atoms with Gasteiger partial charge < -0.3 is 18.4 Å². The number of benzene rings is 1. The van der Waals surface area contributed by atoms with E-state index in [9.17, 15) is 48.0 Å². The Labute approximate surface area is 203 Å². The molecule has 1 aromatic carbocycles. The molecule has 0 atom stereocenters. The molecule has 0 saturated carbocycles. The van der Waals surface area contributed by atoms with Crippen molar-refractivity contribution in [1.82, 2.24) is 8.96 Å². The third-order valence-electron chi connectivity index (χ3n) is 4.56. The van der Waals surface area contributed by atoms with Gasteiger partial charge in [-0.05, 0) is 19.1 Å². The molecule has 3 rings (SSSR count). The van der Waals surface area contributed by atoms with Gasteiger partial charge in [-0.15, -0.1) is 0 Å². The number of rotatable bonds is 7. The third kappa shape index (κ3) is 4.97. The normalized spacial score (nSPS) is 13.2. The van der Waals surface area contributed by atoms with Crippen molar-refractivity contribution in [1.29, 1.82) is 0 Å². The number of halogens is 6. The molecular formula is C18H14F6N2O9S2. The van der Waals surface area contributed by atoms with Gasteiger partial charge >= 0.3 is 37.3 Å². The van der Waals surface area contributed by atoms with E-state index in [2.05, 4.69) is 13.9 Å². The molecule has 0 bridgehead atoms. The van der Waals surface area contributed by atoms with Gasteiger partial charge in [0.2, 0.25) is 5.88 Å². The Morgan fingerprint density at radius 3 is 2.19 bits per heavy atom. The molecule has 37 heavy (non-hydrogen) atoms. The monoisotopic (exact) mass is 580 g/mol. The fraction of sp³-hybridized carbons (Fsp3) is 0.333. The molecule has 2 aromatic heterocycles. The number of fused-ring (bicyclic) bond motifs is 3. The lowest BCUT2D eigenvalue weighted by molar-refractivity contribution is -0.0500. The first-order valence-electron chi connectivity index (χ1n) is 9.59. The number of alkyl halides is 6. The number of carbonyl (C=O) groups excluding carboxylic acids is 1. The number of methoxy groups -OCH3 is 1. The van der Waals surface area contributed by atoms with Gasteiger partial charge in [0.15, 0.2) is 5.75 Å². The first-order chi connectivity index (χ1) is 17.0. The predicted octanol–water partition coefficient (Wildman–Crippen LogP) is 3.80. The van der Waals surface area contributed by atoms with E-state index in [0.717, 1.165) is 19.2 Å². The quantitative estimate of drug-likeness (QED) is 0.175. The van der Waals surface area contributed by atoms with E-state index < -0.39 is 82.9 Å². The second-order valence-electron chi connectivity index (χ2n) is 6.87. The number of carbonyl (C=O) groups is 1. The minimum atomic E-state index is -6.36. The first-order valence-corrected chi connectivity index (χ1v) is 12.4. The first kappa shape index (κ1) is 28.3. The Hall–Kier alpha value is -3.32. The minimum Gasteiger partial charge on any atom is -0.434 e. The highest BCUT2D eigenvalue weighted by atomic mass is 32.2. The van der Waals surface area contributed by atoms with Crippen LogP contribution in [0.2, 0.25) is 0 Å². The van der Waals surface area contributed by atoms with Crippen molar-refractivity contribution < 1.29 is 66.4 Å². The summed E-state index contributed by atoms with van der Waals surface area (Å²) in [7, 11) is -11.6. The van der Waals surface area contributed by atoms with E-state index >= 15 is 0 Å². The van der Waals surface area contributed by atoms with Crippen molar-refractivity contribution in [2.75, 3.05) is 13.7 Å². The number of ether oxygens (including phenoxy) is 3. The summed E-state index contributed by atoms with van der Waals surface area (Å²) in [5, 5.41) is -1.44. The topological polar surface area (TPSA) is 140 Å². The Bertz CT molecular complexity index is 1580. The number of hydrogen-bond acceptors (Lipinski definition) is 10. The molecule has 0 saturated heterocycles. The van der Waals surface area contributed by atoms with Gasteiger partial charge in [0.1, 0.15) is 0 Å². The highest BCUT2D eigenvalue weighted by molar-refractivity contribution is 7.91. The van der Waals surface area contributed by atoms with Crippen LogP contribution in [0.4, 0.5) is 31.1 Å². The Kier molecular flexibility index (Phi) is 7.27. The molecule has 0 aliphatic rings. The molecule has 19 heteroatoms. The van der Waals surface area contributed by atoms with E-state index in [1.807, 2.05) is 0 Å². The van der Waals surface area contributed by atoms with Crippen molar-refractivity contribution in [2.24, 2.45) is 0 Å². The molecule has 0 spiro atoms. The predicted molar refractivity (Wildman–Crippen MR) is 112 cm³/mol. The minimum absolute atomic E-state index is 0.170. The number of aromatic nitrogens is 2. The summed E-state index contributed by atoms with van der Waals surface area (Å²) in [6.45, 7) is 0.593. The molecule has 0 aliphatic heterocycles. The number of pyridine rings is 1. The second kappa shape index (κ2) is 9.53. The van der Waals surface area contributed by atoms with Gasteiger partial charge in [-0.25, -0.2) is 13.8 Å². The molecule has 3 aromatic rings. The standard InChI is InChI=1S/C18H14F6N2O9S2/c1-3-33-16(27)34-15-9(8-32-2)13-11(7-25-15)26(36(28,29)17(19,20)21)10-5-4-6-12(14(10)13)35-37(30,31)18(22,23)24/h4-7H,3,8H2,1-2H3. The SMILES string of the molecule is CCOC(=O)Oc1ncc2c(c1COC)c1c(OS(=O)(=O)C(F)(F)F)cccc1n2S(=O)(=O)C(F)(F)F. The van der Waals surface area contributed by atoms with Crippen LogP contribution in [0.15, 0.2) is 24.4 Å². The van der Waals surface area contributed by atoms with Gasteiger partial charge in [-0.1, -0.05) is 6.07 Å². The van der Waals surface area contributed by atoms with Crippen LogP contribution in [-0.4, -0.2) is 56.7 Å². The molecule has 0 aliphatic carbocycles. The van der Waals surface area contributed by atoms with Gasteiger partial charge in [0.25, 0.3) is 0 Å². The van der Waals surface area contributed by atoms with Crippen LogP contribution in [0, 0.1) is 0 Å². The van der Waals surface area contributed by atoms with E-state index in [1.54, 1.807) is 0 Å². The van der Waals surface area contributed by atoms with Gasteiger partial charge in [0, 0.05) is 12.5 Å². The van der Waals surface area contributed by atoms with Crippen molar-refractivity contribution in [3.8, 4) is 11.6 Å². The largest absolute Gasteiger partial charge is 0.534 e. The molecule has 2 heterocycles. The molecular weight excluding hydrogens is 566 g/mol. The van der Waals surface area contributed by atoms with E-state index in [1.165, 1.54) is 6.92 Å². The van der Waals surface area contributed by atoms with E-state index in [0.29, 0.717) is 12.3 Å². The summed E-state index contributed by atoms with van der Waals surface area (Å²) in [5.41, 5.74) is -14.1. The van der Waals surface area contributed by atoms with Gasteiger partial charge in [-0.3, -0.25) is 0 Å². The summed E-state index contributed by atoms with van der Waals surface area (Å²) in [5.74, 6) is -1.86. The lowest BCUT2D eigenvalue weighted by Crippen LogP contribution is -2.29.